The largest absolute Gasteiger partial charge is 0.442 e. The van der Waals surface area contributed by atoms with Gasteiger partial charge in [0.1, 0.15) is 5.60 Å². The maximum atomic E-state index is 12.6. The smallest absolute Gasteiger partial charge is 0.435 e. The Kier molecular flexibility index (Phi) is 9.72. The highest BCUT2D eigenvalue weighted by Crippen LogP contribution is 2.28. The van der Waals surface area contributed by atoms with Gasteiger partial charge < -0.3 is 4.74 Å². The van der Waals surface area contributed by atoms with Gasteiger partial charge in [0, 0.05) is 6.42 Å². The van der Waals surface area contributed by atoms with Crippen molar-refractivity contribution in [2.45, 2.75) is 103 Å². The molecule has 2 atom stereocenters. The SMILES string of the molecule is CCCCCCCCCC1CC(/C=C/c2ccccc2)N(C(=O)OC(C)(C)C)O1. The van der Waals surface area contributed by atoms with Crippen molar-refractivity contribution >= 4 is 12.2 Å². The highest BCUT2D eigenvalue weighted by atomic mass is 16.7. The third-order valence-electron chi connectivity index (χ3n) is 5.08. The second-order valence-corrected chi connectivity index (χ2v) is 9.02. The third kappa shape index (κ3) is 9.03. The second kappa shape index (κ2) is 12.0. The van der Waals surface area contributed by atoms with Crippen LogP contribution in [0.15, 0.2) is 36.4 Å². The molecule has 2 unspecified atom stereocenters. The lowest BCUT2D eigenvalue weighted by Gasteiger charge is -2.26. The summed E-state index contributed by atoms with van der Waals surface area (Å²) in [4.78, 5) is 18.7. The van der Waals surface area contributed by atoms with Crippen LogP contribution in [-0.2, 0) is 9.57 Å². The molecule has 1 aliphatic rings. The number of rotatable bonds is 10. The van der Waals surface area contributed by atoms with Gasteiger partial charge in [-0.25, -0.2) is 4.79 Å². The van der Waals surface area contributed by atoms with Gasteiger partial charge in [0.25, 0.3) is 0 Å². The Morgan fingerprint density at radius 2 is 1.76 bits per heavy atom. The lowest BCUT2D eigenvalue weighted by molar-refractivity contribution is -0.146. The van der Waals surface area contributed by atoms with E-state index in [0.717, 1.165) is 24.8 Å². The minimum atomic E-state index is -0.537. The van der Waals surface area contributed by atoms with Crippen LogP contribution in [-0.4, -0.2) is 28.9 Å². The summed E-state index contributed by atoms with van der Waals surface area (Å²) < 4.78 is 5.56. The first-order valence-corrected chi connectivity index (χ1v) is 11.3. The molecule has 0 spiro atoms. The van der Waals surface area contributed by atoms with Gasteiger partial charge in [-0.05, 0) is 32.8 Å². The summed E-state index contributed by atoms with van der Waals surface area (Å²) in [6.45, 7) is 7.89. The molecule has 162 valence electrons. The molecule has 1 aromatic rings. The van der Waals surface area contributed by atoms with Crippen LogP contribution in [0.5, 0.6) is 0 Å². The van der Waals surface area contributed by atoms with Crippen LogP contribution in [0, 0.1) is 0 Å². The molecule has 1 aromatic carbocycles. The van der Waals surface area contributed by atoms with Gasteiger partial charge in [-0.3, -0.25) is 4.84 Å². The fourth-order valence-electron chi connectivity index (χ4n) is 3.57. The summed E-state index contributed by atoms with van der Waals surface area (Å²) in [7, 11) is 0. The first-order valence-electron chi connectivity index (χ1n) is 11.3. The van der Waals surface area contributed by atoms with E-state index in [2.05, 4.69) is 31.2 Å². The molecule has 29 heavy (non-hydrogen) atoms. The van der Waals surface area contributed by atoms with Crippen molar-refractivity contribution in [2.24, 2.45) is 0 Å². The Hall–Kier alpha value is -1.81. The average Bonchev–Trinajstić information content (AvgIpc) is 3.08. The normalized spacial score (nSPS) is 19.8. The summed E-state index contributed by atoms with van der Waals surface area (Å²) >= 11 is 0. The molecule has 0 aliphatic carbocycles. The van der Waals surface area contributed by atoms with Crippen molar-refractivity contribution in [1.29, 1.82) is 0 Å². The Morgan fingerprint density at radius 1 is 1.10 bits per heavy atom. The fourth-order valence-corrected chi connectivity index (χ4v) is 3.57. The Labute approximate surface area is 177 Å². The van der Waals surface area contributed by atoms with Gasteiger partial charge in [0.2, 0.25) is 0 Å². The summed E-state index contributed by atoms with van der Waals surface area (Å²) in [5, 5.41) is 1.44. The molecule has 0 bridgehead atoms. The van der Waals surface area contributed by atoms with Crippen LogP contribution in [0.2, 0.25) is 0 Å². The van der Waals surface area contributed by atoms with Crippen molar-refractivity contribution in [3.8, 4) is 0 Å². The maximum absolute atomic E-state index is 12.6. The molecule has 1 heterocycles. The van der Waals surface area contributed by atoms with Crippen LogP contribution in [0.25, 0.3) is 6.08 Å². The zero-order valence-corrected chi connectivity index (χ0v) is 18.7. The fraction of sp³-hybridized carbons (Fsp3) is 0.640. The van der Waals surface area contributed by atoms with E-state index in [1.54, 1.807) is 0 Å². The Morgan fingerprint density at radius 3 is 2.41 bits per heavy atom. The van der Waals surface area contributed by atoms with Crippen LogP contribution in [0.4, 0.5) is 4.79 Å². The highest BCUT2D eigenvalue weighted by molar-refractivity contribution is 5.68. The topological polar surface area (TPSA) is 38.8 Å². The molecule has 4 heteroatoms. The number of hydrogen-bond acceptors (Lipinski definition) is 3. The first kappa shape index (κ1) is 23.5. The molecule has 0 aromatic heterocycles. The first-order chi connectivity index (χ1) is 13.9. The van der Waals surface area contributed by atoms with Crippen LogP contribution < -0.4 is 0 Å². The third-order valence-corrected chi connectivity index (χ3v) is 5.08. The van der Waals surface area contributed by atoms with Gasteiger partial charge in [-0.2, -0.15) is 5.06 Å². The predicted molar refractivity (Wildman–Crippen MR) is 119 cm³/mol. The molecule has 1 aliphatic heterocycles. The monoisotopic (exact) mass is 401 g/mol. The van der Waals surface area contributed by atoms with Crippen molar-refractivity contribution < 1.29 is 14.4 Å². The van der Waals surface area contributed by atoms with E-state index in [1.165, 1.54) is 43.6 Å². The highest BCUT2D eigenvalue weighted by Gasteiger charge is 2.37. The van der Waals surface area contributed by atoms with E-state index in [9.17, 15) is 4.79 Å². The van der Waals surface area contributed by atoms with Crippen molar-refractivity contribution in [2.75, 3.05) is 0 Å². The molecule has 1 saturated heterocycles. The van der Waals surface area contributed by atoms with E-state index < -0.39 is 11.7 Å². The zero-order valence-electron chi connectivity index (χ0n) is 18.7. The molecule has 4 nitrogen and oxygen atoms in total. The quantitative estimate of drug-likeness (QED) is 0.391. The number of hydroxylamine groups is 2. The number of amides is 1. The van der Waals surface area contributed by atoms with E-state index in [4.69, 9.17) is 9.57 Å². The number of benzene rings is 1. The van der Waals surface area contributed by atoms with E-state index in [1.807, 2.05) is 39.0 Å². The van der Waals surface area contributed by atoms with E-state index >= 15 is 0 Å². The van der Waals surface area contributed by atoms with E-state index in [0.29, 0.717) is 0 Å². The number of nitrogens with zero attached hydrogens (tertiary/aromatic N) is 1. The molecular formula is C25H39NO3. The standard InChI is InChI=1S/C25H39NO3/c1-5-6-7-8-9-10-14-17-23-20-22(19-18-21-15-12-11-13-16-21)26(29-23)24(27)28-25(2,3)4/h11-13,15-16,18-19,22-23H,5-10,14,17,20H2,1-4H3/b19-18+. The van der Waals surface area contributed by atoms with Crippen molar-refractivity contribution in [3.63, 3.8) is 0 Å². The van der Waals surface area contributed by atoms with Gasteiger partial charge >= 0.3 is 6.09 Å². The van der Waals surface area contributed by atoms with Crippen LogP contribution >= 0.6 is 0 Å². The zero-order chi connectivity index (χ0) is 21.1. The molecule has 0 saturated carbocycles. The van der Waals surface area contributed by atoms with Gasteiger partial charge in [0.05, 0.1) is 12.1 Å². The van der Waals surface area contributed by atoms with Crippen LogP contribution in [0.1, 0.15) is 91.0 Å². The number of carbonyl (C=O) groups is 1. The van der Waals surface area contributed by atoms with Gasteiger partial charge in [-0.1, -0.05) is 94.4 Å². The second-order valence-electron chi connectivity index (χ2n) is 9.02. The Balaban J connectivity index is 1.89. The lowest BCUT2D eigenvalue weighted by atomic mass is 10.0. The summed E-state index contributed by atoms with van der Waals surface area (Å²) in [5.41, 5.74) is 0.581. The molecule has 1 amide bonds. The summed E-state index contributed by atoms with van der Waals surface area (Å²) in [6, 6.07) is 10.0. The van der Waals surface area contributed by atoms with Gasteiger partial charge in [-0.15, -0.1) is 0 Å². The molecular weight excluding hydrogens is 362 g/mol. The minimum Gasteiger partial charge on any atom is -0.442 e. The summed E-state index contributed by atoms with van der Waals surface area (Å²) in [5.74, 6) is 0. The number of carbonyl (C=O) groups excluding carboxylic acids is 1. The number of ether oxygens (including phenoxy) is 1. The number of unbranched alkanes of at least 4 members (excludes halogenated alkanes) is 6. The van der Waals surface area contributed by atoms with Crippen molar-refractivity contribution in [3.05, 3.63) is 42.0 Å². The molecule has 0 radical (unpaired) electrons. The Bertz CT molecular complexity index is 621. The lowest BCUT2D eigenvalue weighted by Crippen LogP contribution is -2.38. The van der Waals surface area contributed by atoms with E-state index in [-0.39, 0.29) is 12.1 Å². The van der Waals surface area contributed by atoms with Crippen LogP contribution in [0.3, 0.4) is 0 Å². The maximum Gasteiger partial charge on any atom is 0.435 e. The predicted octanol–water partition coefficient (Wildman–Crippen LogP) is 7.15. The average molecular weight is 402 g/mol. The molecule has 1 fully saturated rings. The minimum absolute atomic E-state index is 0.0728. The summed E-state index contributed by atoms with van der Waals surface area (Å²) in [6.07, 6.45) is 14.6. The molecule has 2 rings (SSSR count). The van der Waals surface area contributed by atoms with Gasteiger partial charge in [0.15, 0.2) is 0 Å². The van der Waals surface area contributed by atoms with Crippen molar-refractivity contribution in [1.82, 2.24) is 5.06 Å². The number of hydrogen-bond donors (Lipinski definition) is 0. The molecule has 0 N–H and O–H groups in total.